The van der Waals surface area contributed by atoms with Gasteiger partial charge in [0, 0.05) is 50.6 Å². The van der Waals surface area contributed by atoms with Crippen molar-refractivity contribution in [2.45, 2.75) is 37.6 Å². The van der Waals surface area contributed by atoms with E-state index in [-0.39, 0.29) is 36.1 Å². The maximum absolute atomic E-state index is 13.4. The number of benzene rings is 2. The summed E-state index contributed by atoms with van der Waals surface area (Å²) in [5.41, 5.74) is 3.81. The van der Waals surface area contributed by atoms with Crippen molar-refractivity contribution in [2.24, 2.45) is 0 Å². The standard InChI is InChI=1S/C30H30FN5O2/c31-24-10-8-21(9-11-24)17-27-33-26-7-4-14-32-30(26)36(27)25-12-15-34(16-13-25)29(38)20-35-19-23(18-28(35)37)22-5-2-1-3-6-22/h1-11,14,23,25H,12-13,15-20H2/t23-/m1/s1. The summed E-state index contributed by atoms with van der Waals surface area (Å²) < 4.78 is 15.6. The van der Waals surface area contributed by atoms with Gasteiger partial charge < -0.3 is 14.4 Å². The van der Waals surface area contributed by atoms with Crippen molar-refractivity contribution in [3.8, 4) is 0 Å². The maximum atomic E-state index is 13.4. The highest BCUT2D eigenvalue weighted by molar-refractivity contribution is 5.86. The van der Waals surface area contributed by atoms with Crippen molar-refractivity contribution in [3.05, 3.63) is 95.7 Å². The molecule has 6 rings (SSSR count). The number of imidazole rings is 1. The summed E-state index contributed by atoms with van der Waals surface area (Å²) in [7, 11) is 0. The quantitative estimate of drug-likeness (QED) is 0.386. The summed E-state index contributed by atoms with van der Waals surface area (Å²) in [6, 6.07) is 20.6. The van der Waals surface area contributed by atoms with Crippen LogP contribution in [-0.4, -0.2) is 62.3 Å². The molecule has 38 heavy (non-hydrogen) atoms. The number of carbonyl (C=O) groups is 2. The second kappa shape index (κ2) is 10.4. The van der Waals surface area contributed by atoms with Crippen LogP contribution >= 0.6 is 0 Å². The van der Waals surface area contributed by atoms with Gasteiger partial charge in [0.25, 0.3) is 0 Å². The fraction of sp³-hybridized carbons (Fsp3) is 0.333. The third kappa shape index (κ3) is 4.90. The van der Waals surface area contributed by atoms with E-state index >= 15 is 0 Å². The number of halogens is 1. The second-order valence-electron chi connectivity index (χ2n) is 10.2. The number of pyridine rings is 1. The number of amides is 2. The Hall–Kier alpha value is -4.07. The predicted molar refractivity (Wildman–Crippen MR) is 142 cm³/mol. The summed E-state index contributed by atoms with van der Waals surface area (Å²) in [6.07, 6.45) is 4.37. The van der Waals surface area contributed by atoms with Gasteiger partial charge in [-0.1, -0.05) is 42.5 Å². The molecule has 4 aromatic rings. The molecule has 1 atom stereocenters. The lowest BCUT2D eigenvalue weighted by molar-refractivity contribution is -0.139. The number of nitrogens with zero attached hydrogens (tertiary/aromatic N) is 5. The zero-order valence-corrected chi connectivity index (χ0v) is 21.2. The lowest BCUT2D eigenvalue weighted by Gasteiger charge is -2.34. The van der Waals surface area contributed by atoms with E-state index in [1.54, 1.807) is 23.2 Å². The molecular formula is C30H30FN5O2. The molecule has 0 aliphatic carbocycles. The van der Waals surface area contributed by atoms with Gasteiger partial charge in [-0.2, -0.15) is 0 Å². The summed E-state index contributed by atoms with van der Waals surface area (Å²) >= 11 is 0. The Morgan fingerprint density at radius 3 is 2.50 bits per heavy atom. The van der Waals surface area contributed by atoms with Crippen LogP contribution in [0.3, 0.4) is 0 Å². The van der Waals surface area contributed by atoms with E-state index in [4.69, 9.17) is 4.98 Å². The molecule has 8 heteroatoms. The second-order valence-corrected chi connectivity index (χ2v) is 10.2. The summed E-state index contributed by atoms with van der Waals surface area (Å²) in [5, 5.41) is 0. The van der Waals surface area contributed by atoms with Crippen LogP contribution in [0.5, 0.6) is 0 Å². The Labute approximate surface area is 220 Å². The number of hydrogen-bond acceptors (Lipinski definition) is 4. The average molecular weight is 512 g/mol. The molecule has 0 radical (unpaired) electrons. The van der Waals surface area contributed by atoms with Crippen molar-refractivity contribution in [3.63, 3.8) is 0 Å². The fourth-order valence-corrected chi connectivity index (χ4v) is 5.78. The van der Waals surface area contributed by atoms with Crippen molar-refractivity contribution in [2.75, 3.05) is 26.2 Å². The van der Waals surface area contributed by atoms with Crippen molar-refractivity contribution in [1.29, 1.82) is 0 Å². The average Bonchev–Trinajstić information content (AvgIpc) is 3.50. The number of piperidine rings is 1. The lowest BCUT2D eigenvalue weighted by atomic mass is 9.99. The Balaban J connectivity index is 1.12. The monoisotopic (exact) mass is 511 g/mol. The first-order chi connectivity index (χ1) is 18.5. The van der Waals surface area contributed by atoms with Gasteiger partial charge in [-0.15, -0.1) is 0 Å². The molecule has 0 spiro atoms. The molecule has 2 fully saturated rings. The lowest BCUT2D eigenvalue weighted by Crippen LogP contribution is -2.45. The number of rotatable bonds is 6. The molecule has 2 amide bonds. The van der Waals surface area contributed by atoms with E-state index in [0.29, 0.717) is 32.5 Å². The first-order valence-corrected chi connectivity index (χ1v) is 13.2. The van der Waals surface area contributed by atoms with Crippen LogP contribution in [0.15, 0.2) is 72.9 Å². The Morgan fingerprint density at radius 1 is 0.974 bits per heavy atom. The SMILES string of the molecule is O=C(CN1C[C@H](c2ccccc2)CC1=O)N1CCC(n2c(Cc3ccc(F)cc3)nc3cccnc32)CC1. The zero-order chi connectivity index (χ0) is 26.1. The Kier molecular flexibility index (Phi) is 6.62. The van der Waals surface area contributed by atoms with Gasteiger partial charge >= 0.3 is 0 Å². The van der Waals surface area contributed by atoms with E-state index < -0.39 is 0 Å². The number of hydrogen-bond donors (Lipinski definition) is 0. The number of aromatic nitrogens is 3. The van der Waals surface area contributed by atoms with Gasteiger partial charge in [0.2, 0.25) is 11.8 Å². The summed E-state index contributed by atoms with van der Waals surface area (Å²) in [5.74, 6) is 0.829. The minimum absolute atomic E-state index is 0.00524. The highest BCUT2D eigenvalue weighted by Crippen LogP contribution is 2.31. The molecule has 0 N–H and O–H groups in total. The molecule has 2 aromatic carbocycles. The molecule has 7 nitrogen and oxygen atoms in total. The third-order valence-corrected chi connectivity index (χ3v) is 7.79. The first kappa shape index (κ1) is 24.3. The van der Waals surface area contributed by atoms with E-state index in [1.165, 1.54) is 12.1 Å². The molecule has 0 unspecified atom stereocenters. The molecule has 2 aromatic heterocycles. The minimum Gasteiger partial charge on any atom is -0.341 e. The van der Waals surface area contributed by atoms with Crippen LogP contribution in [0.4, 0.5) is 4.39 Å². The summed E-state index contributed by atoms with van der Waals surface area (Å²) in [4.78, 5) is 38.8. The molecule has 2 saturated heterocycles. The van der Waals surface area contributed by atoms with Crippen LogP contribution in [-0.2, 0) is 16.0 Å². The molecule has 194 valence electrons. The fourth-order valence-electron chi connectivity index (χ4n) is 5.78. The Bertz CT molecular complexity index is 1440. The van der Waals surface area contributed by atoms with Crippen LogP contribution < -0.4 is 0 Å². The maximum Gasteiger partial charge on any atom is 0.242 e. The molecule has 0 bridgehead atoms. The highest BCUT2D eigenvalue weighted by Gasteiger charge is 2.34. The smallest absolute Gasteiger partial charge is 0.242 e. The minimum atomic E-state index is -0.257. The number of carbonyl (C=O) groups excluding carboxylic acids is 2. The van der Waals surface area contributed by atoms with Crippen molar-refractivity contribution < 1.29 is 14.0 Å². The van der Waals surface area contributed by atoms with Gasteiger partial charge in [0.05, 0.1) is 6.54 Å². The number of likely N-dealkylation sites (tertiary alicyclic amines) is 2. The normalized spacial score (nSPS) is 18.4. The van der Waals surface area contributed by atoms with Crippen LogP contribution in [0, 0.1) is 5.82 Å². The molecule has 2 aliphatic rings. The molecular weight excluding hydrogens is 481 g/mol. The van der Waals surface area contributed by atoms with Crippen LogP contribution in [0.2, 0.25) is 0 Å². The van der Waals surface area contributed by atoms with Gasteiger partial charge in [-0.25, -0.2) is 14.4 Å². The van der Waals surface area contributed by atoms with E-state index in [9.17, 15) is 14.0 Å². The van der Waals surface area contributed by atoms with Gasteiger partial charge in [-0.05, 0) is 48.2 Å². The largest absolute Gasteiger partial charge is 0.341 e. The van der Waals surface area contributed by atoms with Crippen molar-refractivity contribution in [1.82, 2.24) is 24.3 Å². The van der Waals surface area contributed by atoms with Gasteiger partial charge in [0.15, 0.2) is 5.65 Å². The molecule has 0 saturated carbocycles. The third-order valence-electron chi connectivity index (χ3n) is 7.79. The first-order valence-electron chi connectivity index (χ1n) is 13.2. The van der Waals surface area contributed by atoms with Crippen LogP contribution in [0.1, 0.15) is 48.2 Å². The van der Waals surface area contributed by atoms with E-state index in [1.807, 2.05) is 47.4 Å². The Morgan fingerprint density at radius 2 is 1.74 bits per heavy atom. The predicted octanol–water partition coefficient (Wildman–Crippen LogP) is 4.34. The zero-order valence-electron chi connectivity index (χ0n) is 21.2. The highest BCUT2D eigenvalue weighted by atomic mass is 19.1. The number of fused-ring (bicyclic) bond motifs is 1. The van der Waals surface area contributed by atoms with E-state index in [0.717, 1.165) is 41.0 Å². The van der Waals surface area contributed by atoms with Crippen molar-refractivity contribution >= 4 is 23.0 Å². The molecule has 2 aliphatic heterocycles. The van der Waals surface area contributed by atoms with Crippen LogP contribution in [0.25, 0.3) is 11.2 Å². The van der Waals surface area contributed by atoms with Gasteiger partial charge in [-0.3, -0.25) is 9.59 Å². The topological polar surface area (TPSA) is 71.3 Å². The molecule has 4 heterocycles. The summed E-state index contributed by atoms with van der Waals surface area (Å²) in [6.45, 7) is 1.97. The van der Waals surface area contributed by atoms with Gasteiger partial charge in [0.1, 0.15) is 17.2 Å². The van der Waals surface area contributed by atoms with E-state index in [2.05, 4.69) is 9.55 Å².